The minimum Gasteiger partial charge on any atom is -0.312 e. The zero-order chi connectivity index (χ0) is 8.77. The van der Waals surface area contributed by atoms with Crippen LogP contribution in [0.1, 0.15) is 26.7 Å². The van der Waals surface area contributed by atoms with E-state index in [4.69, 9.17) is 0 Å². The van der Waals surface area contributed by atoms with Crippen LogP contribution < -0.4 is 5.32 Å². The van der Waals surface area contributed by atoms with Crippen molar-refractivity contribution in [2.45, 2.75) is 38.8 Å². The summed E-state index contributed by atoms with van der Waals surface area (Å²) in [6, 6.07) is 1.53. The lowest BCUT2D eigenvalue weighted by Gasteiger charge is -2.40. The average molecular weight is 168 g/mol. The van der Waals surface area contributed by atoms with Gasteiger partial charge in [-0.05, 0) is 31.8 Å². The van der Waals surface area contributed by atoms with Crippen LogP contribution in [0.2, 0.25) is 0 Å². The molecular weight excluding hydrogens is 148 g/mol. The number of piperidine rings is 1. The van der Waals surface area contributed by atoms with E-state index in [-0.39, 0.29) is 0 Å². The van der Waals surface area contributed by atoms with Gasteiger partial charge in [0.15, 0.2) is 0 Å². The fourth-order valence-corrected chi connectivity index (χ4v) is 3.02. The number of likely N-dealkylation sites (N-methyl/N-ethyl adjacent to an activating group) is 1. The van der Waals surface area contributed by atoms with Crippen LogP contribution >= 0.6 is 0 Å². The highest BCUT2D eigenvalue weighted by Gasteiger charge is 2.45. The molecule has 70 valence electrons. The van der Waals surface area contributed by atoms with E-state index < -0.39 is 0 Å². The Bertz CT molecular complexity index is 177. The Morgan fingerprint density at radius 3 is 2.83 bits per heavy atom. The summed E-state index contributed by atoms with van der Waals surface area (Å²) in [7, 11) is 2.27. The van der Waals surface area contributed by atoms with Gasteiger partial charge in [0.1, 0.15) is 0 Å². The lowest BCUT2D eigenvalue weighted by molar-refractivity contribution is 0.103. The number of rotatable bonds is 0. The highest BCUT2D eigenvalue weighted by Crippen LogP contribution is 2.35. The van der Waals surface area contributed by atoms with Crippen LogP contribution in [-0.2, 0) is 0 Å². The van der Waals surface area contributed by atoms with Crippen molar-refractivity contribution < 1.29 is 0 Å². The summed E-state index contributed by atoms with van der Waals surface area (Å²) in [6.07, 6.45) is 2.74. The molecule has 0 amide bonds. The number of fused-ring (bicyclic) bond motifs is 1. The van der Waals surface area contributed by atoms with E-state index in [1.165, 1.54) is 25.9 Å². The molecule has 1 N–H and O–H groups in total. The molecule has 2 saturated heterocycles. The molecule has 2 aliphatic heterocycles. The van der Waals surface area contributed by atoms with Crippen molar-refractivity contribution in [2.75, 3.05) is 20.1 Å². The maximum atomic E-state index is 3.64. The van der Waals surface area contributed by atoms with E-state index in [9.17, 15) is 0 Å². The third kappa shape index (κ3) is 1.17. The molecule has 0 saturated carbocycles. The van der Waals surface area contributed by atoms with Gasteiger partial charge < -0.3 is 10.2 Å². The Kier molecular flexibility index (Phi) is 1.92. The Balaban J connectivity index is 2.17. The predicted octanol–water partition coefficient (Wildman–Crippen LogP) is 1.08. The molecule has 2 heterocycles. The molecule has 2 heteroatoms. The van der Waals surface area contributed by atoms with E-state index >= 15 is 0 Å². The Hall–Kier alpha value is -0.0800. The van der Waals surface area contributed by atoms with Crippen molar-refractivity contribution in [3.05, 3.63) is 0 Å². The first-order valence-electron chi connectivity index (χ1n) is 5.05. The summed E-state index contributed by atoms with van der Waals surface area (Å²) < 4.78 is 0. The summed E-state index contributed by atoms with van der Waals surface area (Å²) in [5, 5.41) is 3.64. The number of hydrogen-bond donors (Lipinski definition) is 1. The van der Waals surface area contributed by atoms with Gasteiger partial charge in [-0.15, -0.1) is 0 Å². The highest BCUT2D eigenvalue weighted by molar-refractivity contribution is 5.03. The molecule has 2 unspecified atom stereocenters. The maximum Gasteiger partial charge on any atom is 0.0309 e. The predicted molar refractivity (Wildman–Crippen MR) is 51.2 cm³/mol. The van der Waals surface area contributed by atoms with Gasteiger partial charge in [-0.1, -0.05) is 13.8 Å². The van der Waals surface area contributed by atoms with Crippen molar-refractivity contribution in [3.63, 3.8) is 0 Å². The van der Waals surface area contributed by atoms with Gasteiger partial charge in [-0.25, -0.2) is 0 Å². The van der Waals surface area contributed by atoms with Gasteiger partial charge >= 0.3 is 0 Å². The number of hydrogen-bond acceptors (Lipinski definition) is 2. The molecular formula is C10H20N2. The number of likely N-dealkylation sites (tertiary alicyclic amines) is 1. The van der Waals surface area contributed by atoms with Crippen LogP contribution in [0.15, 0.2) is 0 Å². The zero-order valence-corrected chi connectivity index (χ0v) is 8.43. The molecule has 12 heavy (non-hydrogen) atoms. The standard InChI is InChI=1S/C10H20N2/c1-10(2)7-11-8-5-4-6-12(3)9(8)10/h8-9,11H,4-7H2,1-3H3. The molecule has 0 aromatic carbocycles. The topological polar surface area (TPSA) is 15.3 Å². The molecule has 2 rings (SSSR count). The van der Waals surface area contributed by atoms with Gasteiger partial charge in [0.05, 0.1) is 0 Å². The van der Waals surface area contributed by atoms with Crippen LogP contribution in [-0.4, -0.2) is 37.1 Å². The van der Waals surface area contributed by atoms with Gasteiger partial charge in [-0.2, -0.15) is 0 Å². The Morgan fingerprint density at radius 1 is 1.42 bits per heavy atom. The molecule has 2 atom stereocenters. The molecule has 0 aromatic heterocycles. The summed E-state index contributed by atoms with van der Waals surface area (Å²) in [4.78, 5) is 2.54. The summed E-state index contributed by atoms with van der Waals surface area (Å²) >= 11 is 0. The number of nitrogens with one attached hydrogen (secondary N) is 1. The lowest BCUT2D eigenvalue weighted by Crippen LogP contribution is -2.51. The molecule has 0 spiro atoms. The van der Waals surface area contributed by atoms with E-state index in [0.717, 1.165) is 12.1 Å². The molecule has 2 aliphatic rings. The SMILES string of the molecule is CN1CCCC2NCC(C)(C)C21. The second kappa shape index (κ2) is 2.71. The normalized spacial score (nSPS) is 41.2. The monoisotopic (exact) mass is 168 g/mol. The van der Waals surface area contributed by atoms with Crippen LogP contribution in [0.5, 0.6) is 0 Å². The molecule has 2 nitrogen and oxygen atoms in total. The second-order valence-electron chi connectivity index (χ2n) is 5.04. The summed E-state index contributed by atoms with van der Waals surface area (Å²) in [6.45, 7) is 7.23. The minimum atomic E-state index is 0.472. The van der Waals surface area contributed by atoms with Gasteiger partial charge in [0.2, 0.25) is 0 Å². The highest BCUT2D eigenvalue weighted by atomic mass is 15.2. The molecule has 2 fully saturated rings. The van der Waals surface area contributed by atoms with Crippen molar-refractivity contribution in [2.24, 2.45) is 5.41 Å². The fraction of sp³-hybridized carbons (Fsp3) is 1.00. The third-order valence-corrected chi connectivity index (χ3v) is 3.50. The summed E-state index contributed by atoms with van der Waals surface area (Å²) in [5.74, 6) is 0. The first-order valence-corrected chi connectivity index (χ1v) is 5.05. The van der Waals surface area contributed by atoms with E-state index in [0.29, 0.717) is 5.41 Å². The third-order valence-electron chi connectivity index (χ3n) is 3.50. The first-order chi connectivity index (χ1) is 5.61. The van der Waals surface area contributed by atoms with Crippen molar-refractivity contribution in [1.29, 1.82) is 0 Å². The van der Waals surface area contributed by atoms with Crippen LogP contribution in [0.3, 0.4) is 0 Å². The fourth-order valence-electron chi connectivity index (χ4n) is 3.02. The molecule has 0 radical (unpaired) electrons. The maximum absolute atomic E-state index is 3.64. The van der Waals surface area contributed by atoms with Crippen molar-refractivity contribution in [1.82, 2.24) is 10.2 Å². The van der Waals surface area contributed by atoms with Crippen molar-refractivity contribution >= 4 is 0 Å². The molecule has 0 aromatic rings. The Morgan fingerprint density at radius 2 is 2.17 bits per heavy atom. The van der Waals surface area contributed by atoms with Crippen molar-refractivity contribution in [3.8, 4) is 0 Å². The van der Waals surface area contributed by atoms with Crippen LogP contribution in [0.4, 0.5) is 0 Å². The Labute approximate surface area is 75.3 Å². The number of nitrogens with zero attached hydrogens (tertiary/aromatic N) is 1. The van der Waals surface area contributed by atoms with Gasteiger partial charge in [0, 0.05) is 18.6 Å². The van der Waals surface area contributed by atoms with E-state index in [2.05, 4.69) is 31.1 Å². The largest absolute Gasteiger partial charge is 0.312 e. The molecule has 0 aliphatic carbocycles. The van der Waals surface area contributed by atoms with Gasteiger partial charge in [-0.3, -0.25) is 0 Å². The van der Waals surface area contributed by atoms with Crippen LogP contribution in [0, 0.1) is 5.41 Å². The zero-order valence-electron chi connectivity index (χ0n) is 8.43. The van der Waals surface area contributed by atoms with Gasteiger partial charge in [0.25, 0.3) is 0 Å². The second-order valence-corrected chi connectivity index (χ2v) is 5.04. The quantitative estimate of drug-likeness (QED) is 0.582. The summed E-state index contributed by atoms with van der Waals surface area (Å²) in [5.41, 5.74) is 0.472. The lowest BCUT2D eigenvalue weighted by atomic mass is 9.81. The van der Waals surface area contributed by atoms with E-state index in [1.54, 1.807) is 0 Å². The molecule has 0 bridgehead atoms. The minimum absolute atomic E-state index is 0.472. The average Bonchev–Trinajstić information content (AvgIpc) is 2.29. The van der Waals surface area contributed by atoms with Crippen LogP contribution in [0.25, 0.3) is 0 Å². The smallest absolute Gasteiger partial charge is 0.0309 e. The van der Waals surface area contributed by atoms with E-state index in [1.807, 2.05) is 0 Å². The first kappa shape index (κ1) is 8.52.